The average Bonchev–Trinajstić information content (AvgIpc) is 3.51. The molecule has 0 amide bonds. The van der Waals surface area contributed by atoms with Crippen molar-refractivity contribution in [2.75, 3.05) is 4.90 Å². The summed E-state index contributed by atoms with van der Waals surface area (Å²) in [4.78, 5) is 2.50. The Hall–Kier alpha value is -7.22. The van der Waals surface area contributed by atoms with E-state index in [9.17, 15) is 0 Å². The minimum atomic E-state index is -0.144. The maximum absolute atomic E-state index is 2.50. The highest BCUT2D eigenvalue weighted by molar-refractivity contribution is 6.04. The average molecular weight is 740 g/mol. The van der Waals surface area contributed by atoms with E-state index in [1.807, 2.05) is 0 Å². The van der Waals surface area contributed by atoms with E-state index in [-0.39, 0.29) is 5.41 Å². The van der Waals surface area contributed by atoms with Gasteiger partial charge in [-0.15, -0.1) is 0 Å². The highest BCUT2D eigenvalue weighted by Crippen LogP contribution is 2.52. The summed E-state index contributed by atoms with van der Waals surface area (Å²) < 4.78 is 0. The smallest absolute Gasteiger partial charge is 0.0546 e. The Morgan fingerprint density at radius 1 is 0.310 bits per heavy atom. The lowest BCUT2D eigenvalue weighted by Crippen LogP contribution is -2.17. The van der Waals surface area contributed by atoms with Crippen molar-refractivity contribution in [3.8, 4) is 44.5 Å². The molecule has 0 aromatic heterocycles. The van der Waals surface area contributed by atoms with Crippen LogP contribution in [0, 0.1) is 0 Å². The van der Waals surface area contributed by atoms with Crippen molar-refractivity contribution in [1.29, 1.82) is 0 Å². The summed E-state index contributed by atoms with van der Waals surface area (Å²) in [7, 11) is 0. The molecule has 1 nitrogen and oxygen atoms in total. The van der Waals surface area contributed by atoms with Crippen molar-refractivity contribution in [3.05, 3.63) is 223 Å². The second-order valence-corrected chi connectivity index (χ2v) is 16.1. The molecule has 0 bridgehead atoms. The minimum Gasteiger partial charge on any atom is -0.310 e. The number of fused-ring (bicyclic) bond motifs is 6. The summed E-state index contributed by atoms with van der Waals surface area (Å²) in [6.07, 6.45) is 0. The normalized spacial score (nSPS) is 12.8. The zero-order valence-electron chi connectivity index (χ0n) is 32.7. The van der Waals surface area contributed by atoms with Gasteiger partial charge in [-0.05, 0) is 113 Å². The third-order valence-electron chi connectivity index (χ3n) is 12.5. The van der Waals surface area contributed by atoms with Gasteiger partial charge < -0.3 is 4.90 Å². The van der Waals surface area contributed by atoms with Crippen molar-refractivity contribution >= 4 is 49.4 Å². The van der Waals surface area contributed by atoms with E-state index < -0.39 is 0 Å². The Kier molecular flexibility index (Phi) is 7.91. The summed E-state index contributed by atoms with van der Waals surface area (Å²) in [5, 5.41) is 7.46. The molecule has 0 aliphatic heterocycles. The van der Waals surface area contributed by atoms with Crippen LogP contribution in [0.4, 0.5) is 17.1 Å². The van der Waals surface area contributed by atoms with E-state index in [4.69, 9.17) is 0 Å². The third kappa shape index (κ3) is 5.46. The van der Waals surface area contributed by atoms with Gasteiger partial charge in [-0.1, -0.05) is 196 Å². The van der Waals surface area contributed by atoms with E-state index in [1.165, 1.54) is 88.0 Å². The lowest BCUT2D eigenvalue weighted by atomic mass is 9.82. The molecule has 0 saturated carbocycles. The molecule has 0 saturated heterocycles. The van der Waals surface area contributed by atoms with E-state index in [0.29, 0.717) is 0 Å². The molecule has 1 aliphatic rings. The summed E-state index contributed by atoms with van der Waals surface area (Å²) in [5.74, 6) is 0. The standard InChI is InChI=1S/C57H41N/c1-57(2)54-27-10-9-23-51(54)52-35-33-44(37-55(52)57)58(43-31-28-41(29-32-43)47-24-11-17-38-14-3-6-20-45(38)47)56-36-42(49-25-12-18-39-15-4-7-21-46(39)49)30-34-53(56)50-26-13-19-40-16-5-8-22-48(40)50/h3-37H,1-2H3. The fourth-order valence-corrected chi connectivity index (χ4v) is 9.58. The number of rotatable bonds is 6. The lowest BCUT2D eigenvalue weighted by molar-refractivity contribution is 0.660. The zero-order chi connectivity index (χ0) is 38.8. The molecule has 10 aromatic rings. The first-order valence-corrected chi connectivity index (χ1v) is 20.3. The second-order valence-electron chi connectivity index (χ2n) is 16.1. The summed E-state index contributed by atoms with van der Waals surface area (Å²) >= 11 is 0. The van der Waals surface area contributed by atoms with Crippen LogP contribution < -0.4 is 4.90 Å². The molecule has 0 spiro atoms. The number of benzene rings is 10. The van der Waals surface area contributed by atoms with Crippen LogP contribution in [0.15, 0.2) is 212 Å². The molecule has 1 aliphatic carbocycles. The fraction of sp³-hybridized carbons (Fsp3) is 0.0526. The fourth-order valence-electron chi connectivity index (χ4n) is 9.58. The molecular formula is C57H41N. The van der Waals surface area contributed by atoms with E-state index >= 15 is 0 Å². The predicted octanol–water partition coefficient (Wildman–Crippen LogP) is 15.9. The SMILES string of the molecule is CC1(C)c2ccccc2-c2ccc(N(c3ccc(-c4cccc5ccccc45)cc3)c3cc(-c4cccc5ccccc45)ccc3-c3cccc4ccccc34)cc21. The van der Waals surface area contributed by atoms with Crippen LogP contribution in [0.25, 0.3) is 76.8 Å². The van der Waals surface area contributed by atoms with Gasteiger partial charge in [0.15, 0.2) is 0 Å². The van der Waals surface area contributed by atoms with Crippen molar-refractivity contribution in [2.45, 2.75) is 19.3 Å². The lowest BCUT2D eigenvalue weighted by Gasteiger charge is -2.30. The number of hydrogen-bond acceptors (Lipinski definition) is 1. The molecule has 10 aromatic carbocycles. The number of nitrogens with zero attached hydrogens (tertiary/aromatic N) is 1. The van der Waals surface area contributed by atoms with Gasteiger partial charge in [0.05, 0.1) is 5.69 Å². The first-order chi connectivity index (χ1) is 28.5. The third-order valence-corrected chi connectivity index (χ3v) is 12.5. The Labute approximate surface area is 340 Å². The van der Waals surface area contributed by atoms with Gasteiger partial charge in [-0.3, -0.25) is 0 Å². The Bertz CT molecular complexity index is 3190. The molecule has 0 N–H and O–H groups in total. The quantitative estimate of drug-likeness (QED) is 0.164. The van der Waals surface area contributed by atoms with E-state index in [2.05, 4.69) is 231 Å². The zero-order valence-corrected chi connectivity index (χ0v) is 32.7. The molecule has 11 rings (SSSR count). The Balaban J connectivity index is 1.18. The topological polar surface area (TPSA) is 3.24 Å². The van der Waals surface area contributed by atoms with Crippen molar-refractivity contribution in [3.63, 3.8) is 0 Å². The van der Waals surface area contributed by atoms with Gasteiger partial charge in [0, 0.05) is 22.4 Å². The highest BCUT2D eigenvalue weighted by Gasteiger charge is 2.36. The summed E-state index contributed by atoms with van der Waals surface area (Å²) in [6.45, 7) is 4.74. The second kappa shape index (κ2) is 13.5. The largest absolute Gasteiger partial charge is 0.310 e. The van der Waals surface area contributed by atoms with Crippen LogP contribution in [0.5, 0.6) is 0 Å². The molecule has 58 heavy (non-hydrogen) atoms. The van der Waals surface area contributed by atoms with Gasteiger partial charge in [0.2, 0.25) is 0 Å². The van der Waals surface area contributed by atoms with Crippen LogP contribution in [-0.4, -0.2) is 0 Å². The molecule has 0 fully saturated rings. The van der Waals surface area contributed by atoms with E-state index in [1.54, 1.807) is 0 Å². The van der Waals surface area contributed by atoms with Crippen LogP contribution in [-0.2, 0) is 5.41 Å². The van der Waals surface area contributed by atoms with Gasteiger partial charge in [0.25, 0.3) is 0 Å². The van der Waals surface area contributed by atoms with Gasteiger partial charge >= 0.3 is 0 Å². The molecule has 0 heterocycles. The molecule has 274 valence electrons. The van der Waals surface area contributed by atoms with Crippen molar-refractivity contribution < 1.29 is 0 Å². The first-order valence-electron chi connectivity index (χ1n) is 20.3. The van der Waals surface area contributed by atoms with Crippen LogP contribution in [0.3, 0.4) is 0 Å². The molecular weight excluding hydrogens is 699 g/mol. The highest BCUT2D eigenvalue weighted by atomic mass is 15.1. The van der Waals surface area contributed by atoms with Gasteiger partial charge in [-0.25, -0.2) is 0 Å². The first kappa shape index (κ1) is 34.1. The molecule has 0 unspecified atom stereocenters. The predicted molar refractivity (Wildman–Crippen MR) is 248 cm³/mol. The van der Waals surface area contributed by atoms with E-state index in [0.717, 1.165) is 17.1 Å². The maximum atomic E-state index is 2.50. The number of hydrogen-bond donors (Lipinski definition) is 0. The summed E-state index contributed by atoms with van der Waals surface area (Å²) in [6, 6.07) is 78.4. The van der Waals surface area contributed by atoms with Gasteiger partial charge in [0.1, 0.15) is 0 Å². The van der Waals surface area contributed by atoms with Crippen molar-refractivity contribution in [1.82, 2.24) is 0 Å². The van der Waals surface area contributed by atoms with Crippen LogP contribution in [0.1, 0.15) is 25.0 Å². The maximum Gasteiger partial charge on any atom is 0.0546 e. The van der Waals surface area contributed by atoms with Crippen LogP contribution in [0.2, 0.25) is 0 Å². The molecule has 1 heteroatoms. The monoisotopic (exact) mass is 739 g/mol. The minimum absolute atomic E-state index is 0.144. The van der Waals surface area contributed by atoms with Crippen molar-refractivity contribution in [2.24, 2.45) is 0 Å². The number of anilines is 3. The Morgan fingerprint density at radius 3 is 1.41 bits per heavy atom. The molecule has 0 radical (unpaired) electrons. The Morgan fingerprint density at radius 2 is 0.759 bits per heavy atom. The van der Waals surface area contributed by atoms with Crippen LogP contribution >= 0.6 is 0 Å². The van der Waals surface area contributed by atoms with Gasteiger partial charge in [-0.2, -0.15) is 0 Å². The molecule has 0 atom stereocenters. The summed E-state index contributed by atoms with van der Waals surface area (Å²) in [5.41, 5.74) is 15.8.